The van der Waals surface area contributed by atoms with Gasteiger partial charge in [0, 0.05) is 11.4 Å². The van der Waals surface area contributed by atoms with Crippen molar-refractivity contribution in [2.24, 2.45) is 0 Å². The van der Waals surface area contributed by atoms with E-state index in [9.17, 15) is 0 Å². The van der Waals surface area contributed by atoms with Crippen LogP contribution in [0, 0.1) is 0 Å². The predicted octanol–water partition coefficient (Wildman–Crippen LogP) is 13.9. The Morgan fingerprint density at radius 1 is 0.296 bits per heavy atom. The zero-order valence-corrected chi connectivity index (χ0v) is 29.6. The Balaban J connectivity index is 1.13. The highest BCUT2D eigenvalue weighted by atomic mass is 14.9. The molecule has 0 amide bonds. The van der Waals surface area contributed by atoms with Crippen LogP contribution in [0.2, 0.25) is 0 Å². The van der Waals surface area contributed by atoms with E-state index >= 15 is 0 Å². The molecule has 2 aliphatic rings. The third kappa shape index (κ3) is 4.52. The average molecular weight is 686 g/mol. The summed E-state index contributed by atoms with van der Waals surface area (Å²) < 4.78 is 0. The Morgan fingerprint density at radius 3 is 1.63 bits per heavy atom. The molecule has 9 aromatic rings. The summed E-state index contributed by atoms with van der Waals surface area (Å²) in [6.45, 7) is 0. The number of hydrogen-bond acceptors (Lipinski definition) is 1. The molecular formula is C53H35N. The van der Waals surface area contributed by atoms with Crippen LogP contribution < -0.4 is 5.32 Å². The standard InChI is InChI=1S/C53H35N/c1-3-15-35(16-4-1)38-20-13-21-39(31-38)40-22-14-23-41(32-40)54-42-33-46(36-17-5-2-6-18-36)52-45-26-10-12-28-48(45)53(50(52)34-42)47-27-11-9-25-44(47)51-43-24-8-7-19-37(43)29-30-49(51)53/h1-34,54H. The summed E-state index contributed by atoms with van der Waals surface area (Å²) in [5.41, 5.74) is 19.5. The van der Waals surface area contributed by atoms with E-state index in [0.29, 0.717) is 0 Å². The molecule has 0 aliphatic heterocycles. The molecule has 1 atom stereocenters. The monoisotopic (exact) mass is 685 g/mol. The zero-order chi connectivity index (χ0) is 35.6. The van der Waals surface area contributed by atoms with Gasteiger partial charge in [-0.25, -0.2) is 0 Å². The van der Waals surface area contributed by atoms with E-state index < -0.39 is 5.41 Å². The van der Waals surface area contributed by atoms with Crippen molar-refractivity contribution < 1.29 is 0 Å². The SMILES string of the molecule is c1ccc(-c2cccc(-c3cccc(Nc4cc(-c5ccccc5)c5c(c4)C4(c6ccccc6-5)c5ccccc5-c5c4ccc4ccccc54)c3)c2)cc1. The highest BCUT2D eigenvalue weighted by Crippen LogP contribution is 2.65. The Labute approximate surface area is 315 Å². The highest BCUT2D eigenvalue weighted by Gasteiger charge is 2.52. The van der Waals surface area contributed by atoms with E-state index in [-0.39, 0.29) is 0 Å². The van der Waals surface area contributed by atoms with Gasteiger partial charge in [0.2, 0.25) is 0 Å². The van der Waals surface area contributed by atoms with Gasteiger partial charge in [-0.05, 0) is 119 Å². The molecule has 0 fully saturated rings. The van der Waals surface area contributed by atoms with Crippen molar-refractivity contribution in [3.8, 4) is 55.6 Å². The minimum atomic E-state index is -0.469. The molecule has 1 heteroatoms. The second kappa shape index (κ2) is 12.0. The molecule has 1 spiro atoms. The largest absolute Gasteiger partial charge is 0.355 e. The maximum atomic E-state index is 3.91. The van der Waals surface area contributed by atoms with Crippen molar-refractivity contribution in [1.82, 2.24) is 0 Å². The van der Waals surface area contributed by atoms with Gasteiger partial charge in [-0.3, -0.25) is 0 Å². The van der Waals surface area contributed by atoms with Gasteiger partial charge in [-0.15, -0.1) is 0 Å². The Morgan fingerprint density at radius 2 is 0.870 bits per heavy atom. The van der Waals surface area contributed by atoms with Crippen molar-refractivity contribution in [3.05, 3.63) is 229 Å². The van der Waals surface area contributed by atoms with E-state index in [1.165, 1.54) is 88.7 Å². The molecule has 0 saturated carbocycles. The summed E-state index contributed by atoms with van der Waals surface area (Å²) in [6.07, 6.45) is 0. The summed E-state index contributed by atoms with van der Waals surface area (Å²) in [6, 6.07) is 75.7. The normalized spacial score (nSPS) is 14.7. The third-order valence-electron chi connectivity index (χ3n) is 11.6. The van der Waals surface area contributed by atoms with Gasteiger partial charge in [0.25, 0.3) is 0 Å². The molecule has 9 aromatic carbocycles. The number of rotatable bonds is 5. The van der Waals surface area contributed by atoms with Crippen LogP contribution in [-0.2, 0) is 5.41 Å². The van der Waals surface area contributed by atoms with Gasteiger partial charge in [0.15, 0.2) is 0 Å². The van der Waals surface area contributed by atoms with Crippen molar-refractivity contribution in [3.63, 3.8) is 0 Å². The summed E-state index contributed by atoms with van der Waals surface area (Å²) in [5, 5.41) is 6.48. The van der Waals surface area contributed by atoms with Crippen LogP contribution >= 0.6 is 0 Å². The molecule has 252 valence electrons. The first-order valence-electron chi connectivity index (χ1n) is 18.8. The molecule has 1 unspecified atom stereocenters. The van der Waals surface area contributed by atoms with Gasteiger partial charge in [0.05, 0.1) is 5.41 Å². The van der Waals surface area contributed by atoms with Crippen LogP contribution in [0.4, 0.5) is 11.4 Å². The van der Waals surface area contributed by atoms with Gasteiger partial charge < -0.3 is 5.32 Å². The van der Waals surface area contributed by atoms with Crippen LogP contribution in [0.15, 0.2) is 206 Å². The molecule has 0 aromatic heterocycles. The summed E-state index contributed by atoms with van der Waals surface area (Å²) >= 11 is 0. The van der Waals surface area contributed by atoms with Crippen LogP contribution in [0.25, 0.3) is 66.4 Å². The third-order valence-corrected chi connectivity index (χ3v) is 11.6. The fourth-order valence-corrected chi connectivity index (χ4v) is 9.40. The molecule has 0 heterocycles. The fourth-order valence-electron chi connectivity index (χ4n) is 9.40. The smallest absolute Gasteiger partial charge is 0.0726 e. The molecule has 2 aliphatic carbocycles. The molecule has 11 rings (SSSR count). The van der Waals surface area contributed by atoms with Gasteiger partial charge in [-0.2, -0.15) is 0 Å². The maximum Gasteiger partial charge on any atom is 0.0726 e. The zero-order valence-electron chi connectivity index (χ0n) is 29.6. The maximum absolute atomic E-state index is 3.91. The van der Waals surface area contributed by atoms with Crippen LogP contribution in [0.3, 0.4) is 0 Å². The lowest BCUT2D eigenvalue weighted by atomic mass is 9.70. The number of benzene rings is 9. The first kappa shape index (κ1) is 30.6. The molecule has 54 heavy (non-hydrogen) atoms. The summed E-state index contributed by atoms with van der Waals surface area (Å²) in [4.78, 5) is 0. The summed E-state index contributed by atoms with van der Waals surface area (Å²) in [5.74, 6) is 0. The first-order chi connectivity index (χ1) is 26.8. The summed E-state index contributed by atoms with van der Waals surface area (Å²) in [7, 11) is 0. The van der Waals surface area contributed by atoms with Crippen LogP contribution in [0.1, 0.15) is 22.3 Å². The molecular weight excluding hydrogens is 651 g/mol. The Bertz CT molecular complexity index is 2900. The van der Waals surface area contributed by atoms with E-state index in [1.807, 2.05) is 0 Å². The number of anilines is 2. The second-order valence-corrected chi connectivity index (χ2v) is 14.5. The number of fused-ring (bicyclic) bond motifs is 12. The van der Waals surface area contributed by atoms with Crippen molar-refractivity contribution in [2.75, 3.05) is 5.32 Å². The minimum absolute atomic E-state index is 0.469. The quantitative estimate of drug-likeness (QED) is 0.190. The second-order valence-electron chi connectivity index (χ2n) is 14.5. The molecule has 0 radical (unpaired) electrons. The topological polar surface area (TPSA) is 12.0 Å². The van der Waals surface area contributed by atoms with Crippen molar-refractivity contribution in [2.45, 2.75) is 5.41 Å². The van der Waals surface area contributed by atoms with E-state index in [0.717, 1.165) is 11.4 Å². The van der Waals surface area contributed by atoms with Crippen molar-refractivity contribution in [1.29, 1.82) is 0 Å². The van der Waals surface area contributed by atoms with Crippen LogP contribution in [-0.4, -0.2) is 0 Å². The molecule has 0 saturated heterocycles. The van der Waals surface area contributed by atoms with Gasteiger partial charge in [0.1, 0.15) is 0 Å². The van der Waals surface area contributed by atoms with E-state index in [1.54, 1.807) is 0 Å². The Hall–Kier alpha value is -6.96. The van der Waals surface area contributed by atoms with Gasteiger partial charge in [-0.1, -0.05) is 176 Å². The lowest BCUT2D eigenvalue weighted by Gasteiger charge is -2.31. The molecule has 1 nitrogen and oxygen atoms in total. The lowest BCUT2D eigenvalue weighted by Crippen LogP contribution is -2.26. The van der Waals surface area contributed by atoms with E-state index in [2.05, 4.69) is 212 Å². The van der Waals surface area contributed by atoms with Crippen molar-refractivity contribution >= 4 is 22.1 Å². The predicted molar refractivity (Wildman–Crippen MR) is 226 cm³/mol. The molecule has 1 N–H and O–H groups in total. The Kier molecular flexibility index (Phi) is 6.84. The highest BCUT2D eigenvalue weighted by molar-refractivity contribution is 6.08. The molecule has 0 bridgehead atoms. The minimum Gasteiger partial charge on any atom is -0.355 e. The number of hydrogen-bond donors (Lipinski definition) is 1. The first-order valence-corrected chi connectivity index (χ1v) is 18.8. The van der Waals surface area contributed by atoms with Gasteiger partial charge >= 0.3 is 0 Å². The number of nitrogens with one attached hydrogen (secondary N) is 1. The average Bonchev–Trinajstić information content (AvgIpc) is 3.72. The lowest BCUT2D eigenvalue weighted by molar-refractivity contribution is 0.795. The van der Waals surface area contributed by atoms with Crippen LogP contribution in [0.5, 0.6) is 0 Å². The fraction of sp³-hybridized carbons (Fsp3) is 0.0189. The van der Waals surface area contributed by atoms with E-state index in [4.69, 9.17) is 0 Å².